The van der Waals surface area contributed by atoms with E-state index in [1.165, 1.54) is 48.9 Å². The van der Waals surface area contributed by atoms with E-state index in [9.17, 15) is 0 Å². The van der Waals surface area contributed by atoms with Gasteiger partial charge in [-0.1, -0.05) is 43.2 Å². The first-order valence-corrected chi connectivity index (χ1v) is 9.52. The molecule has 2 aromatic rings. The van der Waals surface area contributed by atoms with Crippen molar-refractivity contribution < 1.29 is 5.11 Å². The van der Waals surface area contributed by atoms with Crippen molar-refractivity contribution in [3.63, 3.8) is 0 Å². The number of benzene rings is 1. The molecule has 1 saturated carbocycles. The van der Waals surface area contributed by atoms with E-state index in [0.717, 1.165) is 18.8 Å². The van der Waals surface area contributed by atoms with E-state index in [-0.39, 0.29) is 6.61 Å². The Hall–Kier alpha value is -1.65. The van der Waals surface area contributed by atoms with Crippen molar-refractivity contribution in [3.8, 4) is 0 Å². The average Bonchev–Trinajstić information content (AvgIpc) is 3.16. The minimum Gasteiger partial charge on any atom is -0.394 e. The van der Waals surface area contributed by atoms with Gasteiger partial charge in [0.1, 0.15) is 0 Å². The predicted octanol–water partition coefficient (Wildman–Crippen LogP) is 3.38. The Kier molecular flexibility index (Phi) is 5.92. The second-order valence-electron chi connectivity index (χ2n) is 7.57. The van der Waals surface area contributed by atoms with Crippen molar-refractivity contribution in [3.05, 3.63) is 52.8 Å². The highest BCUT2D eigenvalue weighted by atomic mass is 16.3. The number of nitrogens with zero attached hydrogens (tertiary/aromatic N) is 2. The van der Waals surface area contributed by atoms with Gasteiger partial charge in [0.15, 0.2) is 0 Å². The molecule has 0 amide bonds. The Labute approximate surface area is 151 Å². The number of hydrogen-bond donors (Lipinski definition) is 2. The van der Waals surface area contributed by atoms with Crippen molar-refractivity contribution in [2.24, 2.45) is 5.41 Å². The van der Waals surface area contributed by atoms with Gasteiger partial charge in [0.05, 0.1) is 18.8 Å². The van der Waals surface area contributed by atoms with Gasteiger partial charge in [-0.3, -0.25) is 4.68 Å². The molecule has 0 aliphatic heterocycles. The van der Waals surface area contributed by atoms with Crippen LogP contribution < -0.4 is 5.32 Å². The van der Waals surface area contributed by atoms with E-state index in [0.29, 0.717) is 12.0 Å². The summed E-state index contributed by atoms with van der Waals surface area (Å²) in [5, 5.41) is 17.4. The van der Waals surface area contributed by atoms with Crippen LogP contribution in [0.4, 0.5) is 0 Å². The van der Waals surface area contributed by atoms with Crippen molar-refractivity contribution in [1.29, 1.82) is 0 Å². The van der Waals surface area contributed by atoms with Crippen LogP contribution in [0, 0.1) is 19.3 Å². The van der Waals surface area contributed by atoms with Gasteiger partial charge in [-0.05, 0) is 44.1 Å². The molecule has 1 heterocycles. The minimum atomic E-state index is 0.134. The van der Waals surface area contributed by atoms with Crippen molar-refractivity contribution in [1.82, 2.24) is 15.1 Å². The van der Waals surface area contributed by atoms with Gasteiger partial charge in [-0.15, -0.1) is 0 Å². The van der Waals surface area contributed by atoms with Gasteiger partial charge in [-0.25, -0.2) is 0 Å². The Morgan fingerprint density at radius 1 is 1.16 bits per heavy atom. The first-order chi connectivity index (χ1) is 12.1. The van der Waals surface area contributed by atoms with Crippen LogP contribution in [0.15, 0.2) is 30.3 Å². The summed E-state index contributed by atoms with van der Waals surface area (Å²) in [6.45, 7) is 6.79. The molecule has 0 spiro atoms. The van der Waals surface area contributed by atoms with Gasteiger partial charge in [-0.2, -0.15) is 5.10 Å². The summed E-state index contributed by atoms with van der Waals surface area (Å²) in [5.74, 6) is 0. The number of aliphatic hydroxyl groups is 1. The standard InChI is InChI=1S/C21H31N3O/c1-17-20(18(2)24(23-17)12-13-25)15-22-16-21(10-6-7-11-21)14-19-8-4-3-5-9-19/h3-5,8-9,22,25H,6-7,10-16H2,1-2H3. The molecule has 0 saturated heterocycles. The lowest BCUT2D eigenvalue weighted by Gasteiger charge is -2.30. The maximum absolute atomic E-state index is 9.16. The lowest BCUT2D eigenvalue weighted by atomic mass is 9.80. The van der Waals surface area contributed by atoms with Crippen molar-refractivity contribution >= 4 is 0 Å². The predicted molar refractivity (Wildman–Crippen MR) is 102 cm³/mol. The summed E-state index contributed by atoms with van der Waals surface area (Å²) < 4.78 is 1.92. The summed E-state index contributed by atoms with van der Waals surface area (Å²) in [5.41, 5.74) is 5.37. The number of rotatable bonds is 8. The van der Waals surface area contributed by atoms with Crippen LogP contribution in [-0.4, -0.2) is 28.0 Å². The molecule has 136 valence electrons. The SMILES string of the molecule is Cc1nn(CCO)c(C)c1CNCC1(Cc2ccccc2)CCCC1. The molecule has 0 radical (unpaired) electrons. The van der Waals surface area contributed by atoms with Crippen LogP contribution in [0.3, 0.4) is 0 Å². The molecule has 1 aromatic heterocycles. The normalized spacial score (nSPS) is 16.4. The van der Waals surface area contributed by atoms with Gasteiger partial charge in [0.25, 0.3) is 0 Å². The Morgan fingerprint density at radius 2 is 1.88 bits per heavy atom. The number of nitrogens with one attached hydrogen (secondary N) is 1. The van der Waals surface area contributed by atoms with E-state index in [1.54, 1.807) is 0 Å². The number of aromatic nitrogens is 2. The highest BCUT2D eigenvalue weighted by Crippen LogP contribution is 2.40. The molecule has 3 rings (SSSR count). The minimum absolute atomic E-state index is 0.134. The van der Waals surface area contributed by atoms with E-state index in [4.69, 9.17) is 5.11 Å². The molecule has 0 atom stereocenters. The topological polar surface area (TPSA) is 50.1 Å². The average molecular weight is 341 g/mol. The summed E-state index contributed by atoms with van der Waals surface area (Å²) in [6, 6.07) is 10.9. The molecule has 4 heteroatoms. The van der Waals surface area contributed by atoms with Crippen molar-refractivity contribution in [2.45, 2.75) is 59.0 Å². The molecule has 0 bridgehead atoms. The summed E-state index contributed by atoms with van der Waals surface area (Å²) in [4.78, 5) is 0. The van der Waals surface area contributed by atoms with Gasteiger partial charge in [0.2, 0.25) is 0 Å². The van der Waals surface area contributed by atoms with Gasteiger partial charge in [0, 0.05) is 24.3 Å². The molecule has 4 nitrogen and oxygen atoms in total. The lowest BCUT2D eigenvalue weighted by Crippen LogP contribution is -2.34. The third kappa shape index (κ3) is 4.31. The second kappa shape index (κ2) is 8.15. The number of aryl methyl sites for hydroxylation is 1. The van der Waals surface area contributed by atoms with Gasteiger partial charge >= 0.3 is 0 Å². The van der Waals surface area contributed by atoms with Crippen LogP contribution in [0.5, 0.6) is 0 Å². The molecular formula is C21H31N3O. The van der Waals surface area contributed by atoms with Gasteiger partial charge < -0.3 is 10.4 Å². The fourth-order valence-corrected chi connectivity index (χ4v) is 4.32. The molecule has 1 aliphatic rings. The van der Waals surface area contributed by atoms with E-state index in [1.807, 2.05) is 4.68 Å². The van der Waals surface area contributed by atoms with Crippen LogP contribution >= 0.6 is 0 Å². The highest BCUT2D eigenvalue weighted by molar-refractivity contribution is 5.24. The quantitative estimate of drug-likeness (QED) is 0.774. The zero-order chi connectivity index (χ0) is 17.7. The van der Waals surface area contributed by atoms with Crippen molar-refractivity contribution in [2.75, 3.05) is 13.2 Å². The van der Waals surface area contributed by atoms with E-state index >= 15 is 0 Å². The molecule has 1 aliphatic carbocycles. The molecule has 1 aromatic carbocycles. The number of hydrogen-bond acceptors (Lipinski definition) is 3. The summed E-state index contributed by atoms with van der Waals surface area (Å²) >= 11 is 0. The molecule has 0 unspecified atom stereocenters. The first-order valence-electron chi connectivity index (χ1n) is 9.52. The fraction of sp³-hybridized carbons (Fsp3) is 0.571. The molecule has 1 fully saturated rings. The fourth-order valence-electron chi connectivity index (χ4n) is 4.32. The summed E-state index contributed by atoms with van der Waals surface area (Å²) in [7, 11) is 0. The van der Waals surface area contributed by atoms with E-state index < -0.39 is 0 Å². The Bertz CT molecular complexity index is 672. The third-order valence-corrected chi connectivity index (χ3v) is 5.73. The Balaban J connectivity index is 1.63. The third-order valence-electron chi connectivity index (χ3n) is 5.73. The lowest BCUT2D eigenvalue weighted by molar-refractivity contribution is 0.267. The largest absolute Gasteiger partial charge is 0.394 e. The van der Waals surface area contributed by atoms with Crippen LogP contribution in [0.1, 0.15) is 48.2 Å². The molecular weight excluding hydrogens is 310 g/mol. The Morgan fingerprint density at radius 3 is 2.56 bits per heavy atom. The second-order valence-corrected chi connectivity index (χ2v) is 7.57. The maximum atomic E-state index is 9.16. The van der Waals surface area contributed by atoms with Crippen LogP contribution in [0.25, 0.3) is 0 Å². The zero-order valence-corrected chi connectivity index (χ0v) is 15.6. The van der Waals surface area contributed by atoms with Crippen LogP contribution in [0.2, 0.25) is 0 Å². The molecule has 2 N–H and O–H groups in total. The van der Waals surface area contributed by atoms with Crippen LogP contribution in [-0.2, 0) is 19.5 Å². The highest BCUT2D eigenvalue weighted by Gasteiger charge is 2.33. The summed E-state index contributed by atoms with van der Waals surface area (Å²) in [6.07, 6.45) is 6.50. The zero-order valence-electron chi connectivity index (χ0n) is 15.6. The first kappa shape index (κ1) is 18.2. The van der Waals surface area contributed by atoms with E-state index in [2.05, 4.69) is 54.6 Å². The smallest absolute Gasteiger partial charge is 0.0644 e. The maximum Gasteiger partial charge on any atom is 0.0644 e. The monoisotopic (exact) mass is 341 g/mol. The number of aliphatic hydroxyl groups excluding tert-OH is 1. The molecule has 25 heavy (non-hydrogen) atoms.